The van der Waals surface area contributed by atoms with Gasteiger partial charge in [-0.2, -0.15) is 0 Å². The minimum atomic E-state index is -0.697. The van der Waals surface area contributed by atoms with E-state index >= 15 is 4.39 Å². The van der Waals surface area contributed by atoms with E-state index in [2.05, 4.69) is 61.7 Å². The fraction of sp³-hybridized carbons (Fsp3) is 0.500. The summed E-state index contributed by atoms with van der Waals surface area (Å²) >= 11 is 1.79. The number of nitrogens with zero attached hydrogens (tertiary/aromatic N) is 1. The van der Waals surface area contributed by atoms with Crippen molar-refractivity contribution in [1.82, 2.24) is 4.57 Å². The Morgan fingerprint density at radius 2 is 1.76 bits per heavy atom. The molecule has 4 heterocycles. The lowest BCUT2D eigenvalue weighted by Crippen LogP contribution is -2.43. The van der Waals surface area contributed by atoms with Crippen molar-refractivity contribution in [1.29, 1.82) is 0 Å². The van der Waals surface area contributed by atoms with Gasteiger partial charge in [-0.05, 0) is 127 Å². The molecule has 0 spiro atoms. The molecule has 0 N–H and O–H groups in total. The standard InChI is InChI=1S/C36H44B2FNO5S/c1-9-34(3,4)43-37(41-10-2)24-13-15-28-23(18-24)19-29-32-27(39)20-25(38-44-35(5,6)36(7,8)45-38)21-30(32)42-33(40(28)29)31-16-14-26(46-31)17-22-11-12-22/h13-16,18-22,33H,9-12,17H2,1-8H3. The molecule has 2 fully saturated rings. The minimum Gasteiger partial charge on any atom is -0.464 e. The van der Waals surface area contributed by atoms with Crippen LogP contribution in [0.1, 0.15) is 90.6 Å². The molecule has 1 unspecified atom stereocenters. The van der Waals surface area contributed by atoms with Crippen molar-refractivity contribution in [3.05, 3.63) is 64.1 Å². The quantitative estimate of drug-likeness (QED) is 0.166. The first kappa shape index (κ1) is 32.0. The van der Waals surface area contributed by atoms with Gasteiger partial charge in [-0.3, -0.25) is 4.57 Å². The molecule has 4 aromatic rings. The van der Waals surface area contributed by atoms with E-state index in [1.54, 1.807) is 11.3 Å². The fourth-order valence-electron chi connectivity index (χ4n) is 6.23. The Morgan fingerprint density at radius 1 is 1.02 bits per heavy atom. The van der Waals surface area contributed by atoms with Gasteiger partial charge in [-0.15, -0.1) is 11.3 Å². The zero-order valence-corrected chi connectivity index (χ0v) is 29.1. The molecule has 1 saturated carbocycles. The van der Waals surface area contributed by atoms with Crippen LogP contribution < -0.4 is 15.7 Å². The summed E-state index contributed by atoms with van der Waals surface area (Å²) in [6, 6.07) is 16.1. The van der Waals surface area contributed by atoms with Gasteiger partial charge in [-0.25, -0.2) is 4.39 Å². The summed E-state index contributed by atoms with van der Waals surface area (Å²) in [4.78, 5) is 2.45. The number of rotatable bonds is 10. The van der Waals surface area contributed by atoms with Gasteiger partial charge < -0.3 is 23.4 Å². The van der Waals surface area contributed by atoms with Gasteiger partial charge >= 0.3 is 14.2 Å². The molecular formula is C36H44B2FNO5S. The maximum atomic E-state index is 16.4. The number of halogens is 1. The summed E-state index contributed by atoms with van der Waals surface area (Å²) in [7, 11) is -1.21. The average molecular weight is 643 g/mol. The monoisotopic (exact) mass is 643 g/mol. The Kier molecular flexibility index (Phi) is 8.00. The predicted octanol–water partition coefficient (Wildman–Crippen LogP) is 7.64. The number of aromatic nitrogens is 1. The molecule has 10 heteroatoms. The second kappa shape index (κ2) is 11.5. The van der Waals surface area contributed by atoms with Crippen LogP contribution in [0.5, 0.6) is 5.75 Å². The van der Waals surface area contributed by atoms with Crippen molar-refractivity contribution in [3.8, 4) is 17.0 Å². The molecule has 7 rings (SSSR count). The van der Waals surface area contributed by atoms with Crippen LogP contribution >= 0.6 is 11.3 Å². The molecule has 1 atom stereocenters. The normalized spacial score (nSPS) is 20.1. The van der Waals surface area contributed by atoms with Crippen LogP contribution in [0, 0.1) is 11.7 Å². The first-order valence-electron chi connectivity index (χ1n) is 16.7. The molecule has 0 amide bonds. The summed E-state index contributed by atoms with van der Waals surface area (Å²) in [6.45, 7) is 16.8. The maximum absolute atomic E-state index is 16.4. The molecule has 46 heavy (non-hydrogen) atoms. The molecule has 242 valence electrons. The number of benzene rings is 2. The summed E-state index contributed by atoms with van der Waals surface area (Å²) in [5, 5.41) is 0.973. The fourth-order valence-corrected chi connectivity index (χ4v) is 7.38. The predicted molar refractivity (Wildman–Crippen MR) is 185 cm³/mol. The first-order chi connectivity index (χ1) is 21.8. The van der Waals surface area contributed by atoms with Crippen molar-refractivity contribution in [2.75, 3.05) is 6.61 Å². The second-order valence-electron chi connectivity index (χ2n) is 14.6. The zero-order chi connectivity index (χ0) is 32.6. The Hall–Kier alpha value is -2.62. The van der Waals surface area contributed by atoms with Crippen LogP contribution in [0.4, 0.5) is 4.39 Å². The topological polar surface area (TPSA) is 51.1 Å². The van der Waals surface area contributed by atoms with Crippen LogP contribution in [0.15, 0.2) is 48.5 Å². The molecule has 1 saturated heterocycles. The van der Waals surface area contributed by atoms with Crippen LogP contribution in [0.2, 0.25) is 0 Å². The van der Waals surface area contributed by atoms with Crippen molar-refractivity contribution >= 4 is 47.4 Å². The van der Waals surface area contributed by atoms with Crippen molar-refractivity contribution in [2.24, 2.45) is 5.92 Å². The highest BCUT2D eigenvalue weighted by Gasteiger charge is 2.52. The minimum absolute atomic E-state index is 0.345. The van der Waals surface area contributed by atoms with Gasteiger partial charge in [0.25, 0.3) is 0 Å². The number of hydrogen-bond donors (Lipinski definition) is 0. The molecule has 6 nitrogen and oxygen atoms in total. The lowest BCUT2D eigenvalue weighted by atomic mass is 9.77. The maximum Gasteiger partial charge on any atom is 0.495 e. The molecule has 2 aromatic heterocycles. The van der Waals surface area contributed by atoms with Crippen LogP contribution in [-0.2, 0) is 25.0 Å². The molecule has 2 aromatic carbocycles. The largest absolute Gasteiger partial charge is 0.495 e. The number of thiophene rings is 1. The Balaban J connectivity index is 1.34. The summed E-state index contributed by atoms with van der Waals surface area (Å²) < 4.78 is 50.4. The van der Waals surface area contributed by atoms with E-state index < -0.39 is 31.7 Å². The number of ether oxygens (including phenoxy) is 1. The lowest BCUT2D eigenvalue weighted by Gasteiger charge is -2.32. The van der Waals surface area contributed by atoms with Gasteiger partial charge in [0.15, 0.2) is 0 Å². The molecule has 0 radical (unpaired) electrons. The molecule has 3 aliphatic rings. The van der Waals surface area contributed by atoms with Crippen molar-refractivity contribution in [3.63, 3.8) is 0 Å². The highest BCUT2D eigenvalue weighted by molar-refractivity contribution is 7.12. The average Bonchev–Trinajstić information content (AvgIpc) is 3.45. The van der Waals surface area contributed by atoms with E-state index in [-0.39, 0.29) is 11.4 Å². The number of fused-ring (bicyclic) bond motifs is 5. The van der Waals surface area contributed by atoms with E-state index in [4.69, 9.17) is 23.4 Å². The molecule has 0 bridgehead atoms. The van der Waals surface area contributed by atoms with E-state index in [1.165, 1.54) is 23.8 Å². The zero-order valence-electron chi connectivity index (χ0n) is 28.2. The van der Waals surface area contributed by atoms with Crippen molar-refractivity contribution < 1.29 is 27.7 Å². The first-order valence-corrected chi connectivity index (χ1v) is 17.5. The Labute approximate surface area is 276 Å². The third-order valence-corrected chi connectivity index (χ3v) is 11.3. The van der Waals surface area contributed by atoms with E-state index in [1.807, 2.05) is 40.7 Å². The number of hydrogen-bond acceptors (Lipinski definition) is 6. The van der Waals surface area contributed by atoms with E-state index in [0.29, 0.717) is 23.4 Å². The van der Waals surface area contributed by atoms with Gasteiger partial charge in [0.05, 0.1) is 32.9 Å². The lowest BCUT2D eigenvalue weighted by molar-refractivity contribution is 0.00578. The Morgan fingerprint density at radius 3 is 2.43 bits per heavy atom. The second-order valence-corrected chi connectivity index (χ2v) is 15.8. The van der Waals surface area contributed by atoms with E-state index in [9.17, 15) is 0 Å². The smallest absolute Gasteiger partial charge is 0.464 e. The van der Waals surface area contributed by atoms with Gasteiger partial charge in [0.1, 0.15) is 11.6 Å². The summed E-state index contributed by atoms with van der Waals surface area (Å²) in [5.74, 6) is 0.906. The van der Waals surface area contributed by atoms with Gasteiger partial charge in [0, 0.05) is 22.5 Å². The molecule has 1 aliphatic carbocycles. The summed E-state index contributed by atoms with van der Waals surface area (Å²) in [5.41, 5.74) is 2.29. The highest BCUT2D eigenvalue weighted by atomic mass is 32.1. The SMILES string of the molecule is CCOB(OC(C)(C)CC)c1ccc2c(c1)cc1n2C(c2ccc(CC3CC3)s2)Oc2cc(B3OC(C)(C)C(C)(C)O3)cc(F)c2-1. The summed E-state index contributed by atoms with van der Waals surface area (Å²) in [6.07, 6.45) is 4.11. The van der Waals surface area contributed by atoms with Crippen LogP contribution in [-0.4, -0.2) is 42.2 Å². The van der Waals surface area contributed by atoms with Crippen LogP contribution in [0.3, 0.4) is 0 Å². The van der Waals surface area contributed by atoms with E-state index in [0.717, 1.165) is 45.7 Å². The van der Waals surface area contributed by atoms with Crippen LogP contribution in [0.25, 0.3) is 22.2 Å². The highest BCUT2D eigenvalue weighted by Crippen LogP contribution is 2.47. The third-order valence-electron chi connectivity index (χ3n) is 10.2. The third kappa shape index (κ3) is 5.74. The molecule has 2 aliphatic heterocycles. The Bertz CT molecular complexity index is 1760. The molecular weight excluding hydrogens is 599 g/mol. The van der Waals surface area contributed by atoms with Crippen molar-refractivity contribution in [2.45, 2.75) is 104 Å². The van der Waals surface area contributed by atoms with Gasteiger partial charge in [0.2, 0.25) is 6.23 Å². The van der Waals surface area contributed by atoms with Gasteiger partial charge in [-0.1, -0.05) is 19.1 Å².